The minimum atomic E-state index is -2.97. The molecule has 0 aliphatic carbocycles. The van der Waals surface area contributed by atoms with Crippen LogP contribution in [-0.2, 0) is 19.4 Å². The number of amides is 1. The summed E-state index contributed by atoms with van der Waals surface area (Å²) in [5, 5.41) is 6.93. The number of nitrogens with one attached hydrogen (secondary N) is 2. The van der Waals surface area contributed by atoms with E-state index in [1.807, 2.05) is 0 Å². The van der Waals surface area contributed by atoms with Gasteiger partial charge in [-0.05, 0) is 18.2 Å². The minimum absolute atomic E-state index is 0.166. The van der Waals surface area contributed by atoms with Crippen molar-refractivity contribution in [2.45, 2.75) is 19.3 Å². The third-order valence-corrected chi connectivity index (χ3v) is 4.74. The molecule has 3 rings (SSSR count). The molecule has 0 saturated heterocycles. The second-order valence-corrected chi connectivity index (χ2v) is 6.74. The third-order valence-electron chi connectivity index (χ3n) is 3.63. The number of H-pyrrole nitrogens is 1. The van der Waals surface area contributed by atoms with E-state index in [4.69, 9.17) is 0 Å². The summed E-state index contributed by atoms with van der Waals surface area (Å²) < 4.78 is 28.2. The van der Waals surface area contributed by atoms with Crippen LogP contribution in [0.4, 0.5) is 8.78 Å². The van der Waals surface area contributed by atoms with Gasteiger partial charge in [-0.2, -0.15) is 13.9 Å². The zero-order chi connectivity index (χ0) is 18.0. The molecule has 0 radical (unpaired) electrons. The van der Waals surface area contributed by atoms with E-state index in [0.717, 1.165) is 12.6 Å². The Labute approximate surface area is 146 Å². The fraction of sp³-hybridized carbons (Fsp3) is 0.312. The number of aryl methyl sites for hydroxylation is 1. The number of aromatic amines is 1. The summed E-state index contributed by atoms with van der Waals surface area (Å²) in [5.41, 5.74) is 1.13. The molecule has 0 bridgehead atoms. The number of aromatic nitrogens is 4. The van der Waals surface area contributed by atoms with Gasteiger partial charge in [0.05, 0.1) is 21.8 Å². The van der Waals surface area contributed by atoms with E-state index >= 15 is 0 Å². The molecule has 3 aromatic heterocycles. The lowest BCUT2D eigenvalue weighted by Gasteiger charge is -2.08. The van der Waals surface area contributed by atoms with Gasteiger partial charge in [0.1, 0.15) is 11.4 Å². The molecule has 0 fully saturated rings. The highest BCUT2D eigenvalue weighted by Crippen LogP contribution is 2.32. The van der Waals surface area contributed by atoms with E-state index in [0.29, 0.717) is 28.4 Å². The van der Waals surface area contributed by atoms with Crippen molar-refractivity contribution in [3.8, 4) is 10.6 Å². The molecule has 3 heterocycles. The first kappa shape index (κ1) is 17.3. The molecule has 0 aliphatic heterocycles. The van der Waals surface area contributed by atoms with Gasteiger partial charge in [0.25, 0.3) is 11.8 Å². The number of hydrogen-bond acceptors (Lipinski definition) is 4. The number of carbonyl (C=O) groups is 1. The Hall–Kier alpha value is -2.55. The first-order chi connectivity index (χ1) is 11.8. The van der Waals surface area contributed by atoms with E-state index in [1.54, 1.807) is 24.7 Å². The van der Waals surface area contributed by atoms with Gasteiger partial charge < -0.3 is 10.3 Å². The van der Waals surface area contributed by atoms with Crippen LogP contribution in [0.2, 0.25) is 0 Å². The lowest BCUT2D eigenvalue weighted by atomic mass is 10.2. The first-order valence-electron chi connectivity index (χ1n) is 7.63. The molecule has 0 saturated carbocycles. The Morgan fingerprint density at radius 2 is 2.24 bits per heavy atom. The molecule has 0 atom stereocenters. The molecule has 1 amide bonds. The molecule has 0 aromatic carbocycles. The van der Waals surface area contributed by atoms with Crippen molar-refractivity contribution in [2.24, 2.45) is 7.05 Å². The van der Waals surface area contributed by atoms with E-state index in [1.165, 1.54) is 29.1 Å². The lowest BCUT2D eigenvalue weighted by Crippen LogP contribution is -2.24. The van der Waals surface area contributed by atoms with Gasteiger partial charge in [0.2, 0.25) is 0 Å². The number of nitrogens with zero attached hydrogens (tertiary/aromatic N) is 3. The SMILES string of the molecule is Cn1nc(-c2ccc(C(=O)NCCc3c[nH]cn3)s2)cc1C(C)(F)F. The predicted octanol–water partition coefficient (Wildman–Crippen LogP) is 2.96. The van der Waals surface area contributed by atoms with Crippen molar-refractivity contribution in [3.63, 3.8) is 0 Å². The number of imidazole rings is 1. The summed E-state index contributed by atoms with van der Waals surface area (Å²) in [6.45, 7) is 1.30. The van der Waals surface area contributed by atoms with Gasteiger partial charge >= 0.3 is 0 Å². The fourth-order valence-electron chi connectivity index (χ4n) is 2.41. The quantitative estimate of drug-likeness (QED) is 0.705. The average Bonchev–Trinajstić information content (AvgIpc) is 3.25. The molecular formula is C16H17F2N5OS. The van der Waals surface area contributed by atoms with Gasteiger partial charge in [-0.25, -0.2) is 4.98 Å². The molecule has 0 unspecified atom stereocenters. The van der Waals surface area contributed by atoms with Crippen LogP contribution in [0.25, 0.3) is 10.6 Å². The van der Waals surface area contributed by atoms with Gasteiger partial charge in [-0.3, -0.25) is 9.48 Å². The van der Waals surface area contributed by atoms with Gasteiger partial charge in [-0.1, -0.05) is 0 Å². The molecule has 3 aromatic rings. The van der Waals surface area contributed by atoms with Crippen molar-refractivity contribution >= 4 is 17.2 Å². The summed E-state index contributed by atoms with van der Waals surface area (Å²) in [6, 6.07) is 4.74. The van der Waals surface area contributed by atoms with Crippen molar-refractivity contribution in [2.75, 3.05) is 6.54 Å². The highest BCUT2D eigenvalue weighted by atomic mass is 32.1. The van der Waals surface area contributed by atoms with Crippen molar-refractivity contribution in [1.29, 1.82) is 0 Å². The fourth-order valence-corrected chi connectivity index (χ4v) is 3.29. The normalized spacial score (nSPS) is 11.7. The zero-order valence-corrected chi connectivity index (χ0v) is 14.5. The summed E-state index contributed by atoms with van der Waals surface area (Å²) >= 11 is 1.22. The number of alkyl halides is 2. The number of thiophene rings is 1. The molecule has 6 nitrogen and oxygen atoms in total. The average molecular weight is 365 g/mol. The van der Waals surface area contributed by atoms with Crippen molar-refractivity contribution < 1.29 is 13.6 Å². The molecule has 2 N–H and O–H groups in total. The molecule has 25 heavy (non-hydrogen) atoms. The third kappa shape index (κ3) is 3.93. The standard InChI is InChI=1S/C16H17F2N5OS/c1-16(17,18)14-7-11(22-23(14)2)12-3-4-13(25-12)15(24)20-6-5-10-8-19-9-21-10/h3-4,7-9H,5-6H2,1-2H3,(H,19,21)(H,20,24). The molecule has 0 spiro atoms. The molecular weight excluding hydrogens is 348 g/mol. The zero-order valence-electron chi connectivity index (χ0n) is 13.7. The predicted molar refractivity (Wildman–Crippen MR) is 90.7 cm³/mol. The Balaban J connectivity index is 1.66. The van der Waals surface area contributed by atoms with Crippen LogP contribution in [0.5, 0.6) is 0 Å². The van der Waals surface area contributed by atoms with Crippen LogP contribution >= 0.6 is 11.3 Å². The maximum Gasteiger partial charge on any atom is 0.286 e. The van der Waals surface area contributed by atoms with Crippen LogP contribution in [0.15, 0.2) is 30.7 Å². The van der Waals surface area contributed by atoms with Crippen LogP contribution in [0, 0.1) is 0 Å². The Kier molecular flexibility index (Phi) is 4.67. The highest BCUT2D eigenvalue weighted by molar-refractivity contribution is 7.17. The monoisotopic (exact) mass is 365 g/mol. The Bertz CT molecular complexity index is 864. The van der Waals surface area contributed by atoms with Crippen molar-refractivity contribution in [3.05, 3.63) is 47.0 Å². The summed E-state index contributed by atoms with van der Waals surface area (Å²) in [6.07, 6.45) is 3.99. The number of hydrogen-bond donors (Lipinski definition) is 2. The van der Waals surface area contributed by atoms with Crippen LogP contribution < -0.4 is 5.32 Å². The number of halogens is 2. The second kappa shape index (κ2) is 6.75. The van der Waals surface area contributed by atoms with E-state index < -0.39 is 5.92 Å². The molecule has 0 aliphatic rings. The van der Waals surface area contributed by atoms with Gasteiger partial charge in [0.15, 0.2) is 0 Å². The first-order valence-corrected chi connectivity index (χ1v) is 8.44. The van der Waals surface area contributed by atoms with E-state index in [9.17, 15) is 13.6 Å². The van der Waals surface area contributed by atoms with Gasteiger partial charge in [0, 0.05) is 33.1 Å². The molecule has 9 heteroatoms. The van der Waals surface area contributed by atoms with E-state index in [2.05, 4.69) is 20.4 Å². The Morgan fingerprint density at radius 3 is 2.88 bits per heavy atom. The van der Waals surface area contributed by atoms with Crippen LogP contribution in [0.3, 0.4) is 0 Å². The van der Waals surface area contributed by atoms with E-state index in [-0.39, 0.29) is 11.6 Å². The maximum atomic E-state index is 13.5. The van der Waals surface area contributed by atoms with Crippen molar-refractivity contribution in [1.82, 2.24) is 25.1 Å². The van der Waals surface area contributed by atoms with Gasteiger partial charge in [-0.15, -0.1) is 11.3 Å². The Morgan fingerprint density at radius 1 is 1.44 bits per heavy atom. The lowest BCUT2D eigenvalue weighted by molar-refractivity contribution is 0.00882. The topological polar surface area (TPSA) is 75.6 Å². The molecule has 132 valence electrons. The summed E-state index contributed by atoms with van der Waals surface area (Å²) in [4.78, 5) is 20.3. The maximum absolute atomic E-state index is 13.5. The smallest absolute Gasteiger partial charge is 0.286 e. The number of rotatable bonds is 6. The van der Waals surface area contributed by atoms with Crippen LogP contribution in [0.1, 0.15) is 28.0 Å². The highest BCUT2D eigenvalue weighted by Gasteiger charge is 2.29. The minimum Gasteiger partial charge on any atom is -0.351 e. The summed E-state index contributed by atoms with van der Waals surface area (Å²) in [5.74, 6) is -3.17. The summed E-state index contributed by atoms with van der Waals surface area (Å²) in [7, 11) is 1.48. The second-order valence-electron chi connectivity index (χ2n) is 5.66. The largest absolute Gasteiger partial charge is 0.351 e. The number of carbonyl (C=O) groups excluding carboxylic acids is 1. The van der Waals surface area contributed by atoms with Crippen LogP contribution in [-0.4, -0.2) is 32.2 Å².